The molecule has 0 fully saturated rings. The summed E-state index contributed by atoms with van der Waals surface area (Å²) in [5.41, 5.74) is 0.939. The largest absolute Gasteiger partial charge is 0.495 e. The highest BCUT2D eigenvalue weighted by atomic mass is 32.2. The molecule has 3 aromatic rings. The van der Waals surface area contributed by atoms with Crippen LogP contribution in [0.5, 0.6) is 11.5 Å². The maximum absolute atomic E-state index is 5.76. The number of nitrogens with one attached hydrogen (secondary N) is 1. The molecule has 3 rings (SSSR count). The molecule has 0 bridgehead atoms. The van der Waals surface area contributed by atoms with Crippen molar-refractivity contribution in [1.29, 1.82) is 0 Å². The van der Waals surface area contributed by atoms with Gasteiger partial charge in [-0.3, -0.25) is 0 Å². The SMILES string of the molecule is CCn1c(SCCOc2ccccc2)nnc1[C@H](C)Nc1ccccc1OC. The topological polar surface area (TPSA) is 61.2 Å². The lowest BCUT2D eigenvalue weighted by Crippen LogP contribution is -2.14. The van der Waals surface area contributed by atoms with Gasteiger partial charge in [0, 0.05) is 12.3 Å². The molecule has 1 atom stereocenters. The van der Waals surface area contributed by atoms with Gasteiger partial charge in [0.15, 0.2) is 11.0 Å². The van der Waals surface area contributed by atoms with E-state index in [2.05, 4.69) is 33.9 Å². The number of aromatic nitrogens is 3. The minimum absolute atomic E-state index is 0.00123. The lowest BCUT2D eigenvalue weighted by atomic mass is 10.2. The zero-order valence-electron chi connectivity index (χ0n) is 16.5. The molecule has 0 saturated heterocycles. The van der Waals surface area contributed by atoms with E-state index < -0.39 is 0 Å². The maximum atomic E-state index is 5.76. The van der Waals surface area contributed by atoms with E-state index in [9.17, 15) is 0 Å². The second-order valence-electron chi connectivity index (χ2n) is 6.16. The van der Waals surface area contributed by atoms with Crippen LogP contribution < -0.4 is 14.8 Å². The zero-order valence-corrected chi connectivity index (χ0v) is 17.3. The molecule has 28 heavy (non-hydrogen) atoms. The van der Waals surface area contributed by atoms with Crippen molar-refractivity contribution in [3.8, 4) is 11.5 Å². The number of nitrogens with zero attached hydrogens (tertiary/aromatic N) is 3. The first-order valence-electron chi connectivity index (χ1n) is 9.36. The molecular weight excluding hydrogens is 372 g/mol. The van der Waals surface area contributed by atoms with E-state index in [-0.39, 0.29) is 6.04 Å². The molecule has 1 aromatic heterocycles. The van der Waals surface area contributed by atoms with Crippen LogP contribution in [0.1, 0.15) is 25.7 Å². The van der Waals surface area contributed by atoms with Gasteiger partial charge in [0.25, 0.3) is 0 Å². The number of benzene rings is 2. The average Bonchev–Trinajstić information content (AvgIpc) is 3.15. The number of ether oxygens (including phenoxy) is 2. The van der Waals surface area contributed by atoms with Crippen molar-refractivity contribution < 1.29 is 9.47 Å². The summed E-state index contributed by atoms with van der Waals surface area (Å²) in [5.74, 6) is 3.40. The number of methoxy groups -OCH3 is 1. The lowest BCUT2D eigenvalue weighted by molar-refractivity contribution is 0.344. The first-order chi connectivity index (χ1) is 13.7. The predicted octanol–water partition coefficient (Wildman–Crippen LogP) is 4.65. The fourth-order valence-electron chi connectivity index (χ4n) is 2.90. The van der Waals surface area contributed by atoms with E-state index in [1.165, 1.54) is 0 Å². The molecule has 6 nitrogen and oxygen atoms in total. The van der Waals surface area contributed by atoms with Crippen molar-refractivity contribution >= 4 is 17.4 Å². The highest BCUT2D eigenvalue weighted by molar-refractivity contribution is 7.99. The number of hydrogen-bond donors (Lipinski definition) is 1. The number of hydrogen-bond acceptors (Lipinski definition) is 6. The third-order valence-corrected chi connectivity index (χ3v) is 5.19. The molecule has 0 saturated carbocycles. The van der Waals surface area contributed by atoms with Crippen LogP contribution in [0.3, 0.4) is 0 Å². The highest BCUT2D eigenvalue weighted by Crippen LogP contribution is 2.28. The number of anilines is 1. The molecule has 1 heterocycles. The van der Waals surface area contributed by atoms with E-state index in [4.69, 9.17) is 9.47 Å². The summed E-state index contributed by atoms with van der Waals surface area (Å²) in [5, 5.41) is 13.2. The van der Waals surface area contributed by atoms with Gasteiger partial charge in [-0.2, -0.15) is 0 Å². The van der Waals surface area contributed by atoms with Crippen LogP contribution in [0, 0.1) is 0 Å². The van der Waals surface area contributed by atoms with E-state index in [1.807, 2.05) is 54.6 Å². The molecule has 0 aliphatic rings. The summed E-state index contributed by atoms with van der Waals surface area (Å²) in [6, 6.07) is 17.7. The third kappa shape index (κ3) is 4.98. The van der Waals surface area contributed by atoms with Crippen LogP contribution in [0.4, 0.5) is 5.69 Å². The summed E-state index contributed by atoms with van der Waals surface area (Å²) in [7, 11) is 1.67. The van der Waals surface area contributed by atoms with Crippen LogP contribution in [-0.2, 0) is 6.54 Å². The van der Waals surface area contributed by atoms with Gasteiger partial charge < -0.3 is 19.4 Å². The Labute approximate surface area is 170 Å². The monoisotopic (exact) mass is 398 g/mol. The van der Waals surface area contributed by atoms with E-state index >= 15 is 0 Å². The molecule has 0 spiro atoms. The summed E-state index contributed by atoms with van der Waals surface area (Å²) >= 11 is 1.65. The van der Waals surface area contributed by atoms with Gasteiger partial charge in [-0.05, 0) is 38.1 Å². The zero-order chi connectivity index (χ0) is 19.8. The summed E-state index contributed by atoms with van der Waals surface area (Å²) in [6.07, 6.45) is 0. The highest BCUT2D eigenvalue weighted by Gasteiger charge is 2.18. The Kier molecular flexibility index (Phi) is 7.19. The number of para-hydroxylation sites is 3. The number of thioether (sulfide) groups is 1. The smallest absolute Gasteiger partial charge is 0.191 e. The Hall–Kier alpha value is -2.67. The molecule has 0 aliphatic heterocycles. The quantitative estimate of drug-likeness (QED) is 0.396. The molecule has 7 heteroatoms. The van der Waals surface area contributed by atoms with Gasteiger partial charge >= 0.3 is 0 Å². The van der Waals surface area contributed by atoms with Crippen molar-refractivity contribution in [2.45, 2.75) is 31.6 Å². The molecule has 2 aromatic carbocycles. The fraction of sp³-hybridized carbons (Fsp3) is 0.333. The lowest BCUT2D eigenvalue weighted by Gasteiger charge is -2.18. The maximum Gasteiger partial charge on any atom is 0.191 e. The van der Waals surface area contributed by atoms with Gasteiger partial charge in [-0.1, -0.05) is 42.1 Å². The molecule has 0 radical (unpaired) electrons. The van der Waals surface area contributed by atoms with Crippen molar-refractivity contribution in [3.05, 3.63) is 60.4 Å². The van der Waals surface area contributed by atoms with Crippen molar-refractivity contribution in [2.24, 2.45) is 0 Å². The van der Waals surface area contributed by atoms with Crippen LogP contribution in [0.15, 0.2) is 59.8 Å². The Bertz CT molecular complexity index is 870. The van der Waals surface area contributed by atoms with Gasteiger partial charge in [-0.15, -0.1) is 10.2 Å². The van der Waals surface area contributed by atoms with Crippen molar-refractivity contribution in [2.75, 3.05) is 24.8 Å². The van der Waals surface area contributed by atoms with Crippen LogP contribution >= 0.6 is 11.8 Å². The Morgan fingerprint density at radius 3 is 2.57 bits per heavy atom. The average molecular weight is 399 g/mol. The molecular formula is C21H26N4O2S. The van der Waals surface area contributed by atoms with E-state index in [0.29, 0.717) is 6.61 Å². The minimum atomic E-state index is -0.00123. The van der Waals surface area contributed by atoms with Gasteiger partial charge in [0.2, 0.25) is 0 Å². The van der Waals surface area contributed by atoms with Crippen molar-refractivity contribution in [1.82, 2.24) is 14.8 Å². The Balaban J connectivity index is 1.61. The van der Waals surface area contributed by atoms with Gasteiger partial charge in [0.05, 0.1) is 25.4 Å². The number of rotatable bonds is 10. The van der Waals surface area contributed by atoms with Crippen molar-refractivity contribution in [3.63, 3.8) is 0 Å². The third-order valence-electron chi connectivity index (χ3n) is 4.25. The normalized spacial score (nSPS) is 11.8. The van der Waals surface area contributed by atoms with E-state index in [1.54, 1.807) is 18.9 Å². The molecule has 0 aliphatic carbocycles. The van der Waals surface area contributed by atoms with Crippen LogP contribution in [0.25, 0.3) is 0 Å². The van der Waals surface area contributed by atoms with Gasteiger partial charge in [0.1, 0.15) is 11.5 Å². The molecule has 1 N–H and O–H groups in total. The standard InChI is InChI=1S/C21H26N4O2S/c1-4-25-20(16(2)22-18-12-8-9-13-19(18)26-3)23-24-21(25)28-15-14-27-17-10-6-5-7-11-17/h5-13,16,22H,4,14-15H2,1-3H3/t16-/m0/s1. The first kappa shape index (κ1) is 20.1. The fourth-order valence-corrected chi connectivity index (χ4v) is 3.72. The minimum Gasteiger partial charge on any atom is -0.495 e. The summed E-state index contributed by atoms with van der Waals surface area (Å²) in [6.45, 7) is 5.61. The molecule has 0 amide bonds. The predicted molar refractivity (Wildman–Crippen MR) is 113 cm³/mol. The summed E-state index contributed by atoms with van der Waals surface area (Å²) in [4.78, 5) is 0. The van der Waals surface area contributed by atoms with Crippen LogP contribution in [0.2, 0.25) is 0 Å². The van der Waals surface area contributed by atoms with E-state index in [0.717, 1.165) is 40.5 Å². The second kappa shape index (κ2) is 10.0. The Morgan fingerprint density at radius 1 is 1.07 bits per heavy atom. The molecule has 148 valence electrons. The molecule has 0 unspecified atom stereocenters. The summed E-state index contributed by atoms with van der Waals surface area (Å²) < 4.78 is 13.3. The Morgan fingerprint density at radius 2 is 1.82 bits per heavy atom. The second-order valence-corrected chi connectivity index (χ2v) is 7.22. The van der Waals surface area contributed by atoms with Gasteiger partial charge in [-0.25, -0.2) is 0 Å². The van der Waals surface area contributed by atoms with Crippen LogP contribution in [-0.4, -0.2) is 34.2 Å². The first-order valence-corrected chi connectivity index (χ1v) is 10.3.